The SMILES string of the molecule is CC(C)OC(=O)CCNC(=O)Cc1cccc2cccnc12. The molecule has 1 amide bonds. The van der Waals surface area contributed by atoms with E-state index in [4.69, 9.17) is 4.74 Å². The number of esters is 1. The van der Waals surface area contributed by atoms with Crippen LogP contribution in [0, 0.1) is 0 Å². The number of hydrogen-bond donors (Lipinski definition) is 1. The minimum Gasteiger partial charge on any atom is -0.463 e. The lowest BCUT2D eigenvalue weighted by atomic mass is 10.1. The van der Waals surface area contributed by atoms with Gasteiger partial charge in [0.05, 0.1) is 24.5 Å². The molecule has 0 saturated heterocycles. The molecule has 22 heavy (non-hydrogen) atoms. The zero-order valence-electron chi connectivity index (χ0n) is 12.8. The Morgan fingerprint density at radius 1 is 1.23 bits per heavy atom. The zero-order valence-corrected chi connectivity index (χ0v) is 12.8. The number of carbonyl (C=O) groups excluding carboxylic acids is 2. The minimum absolute atomic E-state index is 0.129. The molecular weight excluding hydrogens is 280 g/mol. The monoisotopic (exact) mass is 300 g/mol. The molecule has 0 radical (unpaired) electrons. The first-order valence-electron chi connectivity index (χ1n) is 7.35. The molecule has 0 aliphatic heterocycles. The summed E-state index contributed by atoms with van der Waals surface area (Å²) in [6.45, 7) is 3.87. The Balaban J connectivity index is 1.88. The van der Waals surface area contributed by atoms with Gasteiger partial charge in [-0.3, -0.25) is 14.6 Å². The second kappa shape index (κ2) is 7.54. The van der Waals surface area contributed by atoms with Crippen molar-refractivity contribution >= 4 is 22.8 Å². The molecular formula is C17H20N2O3. The molecule has 0 fully saturated rings. The van der Waals surface area contributed by atoms with Crippen molar-refractivity contribution in [3.8, 4) is 0 Å². The Labute approximate surface area is 129 Å². The molecule has 0 aliphatic rings. The van der Waals surface area contributed by atoms with E-state index < -0.39 is 0 Å². The van der Waals surface area contributed by atoms with Crippen molar-refractivity contribution in [1.29, 1.82) is 0 Å². The van der Waals surface area contributed by atoms with Crippen molar-refractivity contribution < 1.29 is 14.3 Å². The molecule has 0 atom stereocenters. The Hall–Kier alpha value is -2.43. The van der Waals surface area contributed by atoms with E-state index in [0.717, 1.165) is 16.5 Å². The second-order valence-corrected chi connectivity index (χ2v) is 5.31. The molecule has 116 valence electrons. The third-order valence-electron chi connectivity index (χ3n) is 3.09. The first kappa shape index (κ1) is 15.9. The van der Waals surface area contributed by atoms with E-state index in [0.29, 0.717) is 0 Å². The maximum atomic E-state index is 12.0. The fourth-order valence-electron chi connectivity index (χ4n) is 2.17. The summed E-state index contributed by atoms with van der Waals surface area (Å²) >= 11 is 0. The van der Waals surface area contributed by atoms with Crippen LogP contribution in [-0.4, -0.2) is 29.5 Å². The maximum absolute atomic E-state index is 12.0. The van der Waals surface area contributed by atoms with Gasteiger partial charge in [-0.15, -0.1) is 0 Å². The van der Waals surface area contributed by atoms with Crippen molar-refractivity contribution in [3.63, 3.8) is 0 Å². The molecule has 0 unspecified atom stereocenters. The van der Waals surface area contributed by atoms with E-state index in [-0.39, 0.29) is 37.4 Å². The number of pyridine rings is 1. The third-order valence-corrected chi connectivity index (χ3v) is 3.09. The summed E-state index contributed by atoms with van der Waals surface area (Å²) in [6.07, 6.45) is 2.00. The highest BCUT2D eigenvalue weighted by atomic mass is 16.5. The van der Waals surface area contributed by atoms with Crippen molar-refractivity contribution in [2.75, 3.05) is 6.54 Å². The lowest BCUT2D eigenvalue weighted by molar-refractivity contribution is -0.147. The van der Waals surface area contributed by atoms with E-state index in [2.05, 4.69) is 10.3 Å². The van der Waals surface area contributed by atoms with Gasteiger partial charge in [-0.05, 0) is 25.5 Å². The van der Waals surface area contributed by atoms with Crippen LogP contribution in [0.4, 0.5) is 0 Å². The highest BCUT2D eigenvalue weighted by Gasteiger charge is 2.09. The number of rotatable bonds is 6. The summed E-state index contributed by atoms with van der Waals surface area (Å²) in [5.41, 5.74) is 1.71. The summed E-state index contributed by atoms with van der Waals surface area (Å²) in [5.74, 6) is -0.433. The van der Waals surface area contributed by atoms with Crippen LogP contribution >= 0.6 is 0 Å². The van der Waals surface area contributed by atoms with E-state index in [1.165, 1.54) is 0 Å². The van der Waals surface area contributed by atoms with Crippen LogP contribution in [0.5, 0.6) is 0 Å². The van der Waals surface area contributed by atoms with Gasteiger partial charge in [-0.1, -0.05) is 24.3 Å². The number of hydrogen-bond acceptors (Lipinski definition) is 4. The van der Waals surface area contributed by atoms with Gasteiger partial charge in [-0.2, -0.15) is 0 Å². The zero-order chi connectivity index (χ0) is 15.9. The third kappa shape index (κ3) is 4.55. The fraction of sp³-hybridized carbons (Fsp3) is 0.353. The highest BCUT2D eigenvalue weighted by Crippen LogP contribution is 2.16. The summed E-state index contributed by atoms with van der Waals surface area (Å²) in [7, 11) is 0. The summed E-state index contributed by atoms with van der Waals surface area (Å²) in [4.78, 5) is 27.7. The van der Waals surface area contributed by atoms with Gasteiger partial charge < -0.3 is 10.1 Å². The number of nitrogens with zero attached hydrogens (tertiary/aromatic N) is 1. The Bertz CT molecular complexity index is 663. The number of amides is 1. The standard InChI is InChI=1S/C17H20N2O3/c1-12(2)22-16(21)8-10-18-15(20)11-14-6-3-5-13-7-4-9-19-17(13)14/h3-7,9,12H,8,10-11H2,1-2H3,(H,18,20). The van der Waals surface area contributed by atoms with Crippen LogP contribution in [0.15, 0.2) is 36.5 Å². The molecule has 0 bridgehead atoms. The van der Waals surface area contributed by atoms with Crippen LogP contribution in [0.2, 0.25) is 0 Å². The van der Waals surface area contributed by atoms with Crippen molar-refractivity contribution in [3.05, 3.63) is 42.1 Å². The predicted molar refractivity (Wildman–Crippen MR) is 84.3 cm³/mol. The van der Waals surface area contributed by atoms with E-state index >= 15 is 0 Å². The number of aromatic nitrogens is 1. The first-order valence-corrected chi connectivity index (χ1v) is 7.35. The Morgan fingerprint density at radius 3 is 2.77 bits per heavy atom. The summed E-state index contributed by atoms with van der Waals surface area (Å²) in [6, 6.07) is 9.60. The second-order valence-electron chi connectivity index (χ2n) is 5.31. The number of carbonyl (C=O) groups is 2. The Kier molecular flexibility index (Phi) is 5.47. The molecule has 2 rings (SSSR count). The predicted octanol–water partition coefficient (Wildman–Crippen LogP) is 2.24. The van der Waals surface area contributed by atoms with Gasteiger partial charge >= 0.3 is 5.97 Å². The number of ether oxygens (including phenoxy) is 1. The molecule has 1 N–H and O–H groups in total. The van der Waals surface area contributed by atoms with Crippen LogP contribution < -0.4 is 5.32 Å². The normalized spacial score (nSPS) is 10.7. The van der Waals surface area contributed by atoms with Crippen LogP contribution in [-0.2, 0) is 20.7 Å². The molecule has 1 aromatic carbocycles. The quantitative estimate of drug-likeness (QED) is 0.831. The van der Waals surface area contributed by atoms with E-state index in [1.54, 1.807) is 20.0 Å². The number of benzene rings is 1. The highest BCUT2D eigenvalue weighted by molar-refractivity contribution is 5.87. The lowest BCUT2D eigenvalue weighted by Crippen LogP contribution is -2.28. The minimum atomic E-state index is -0.304. The van der Waals surface area contributed by atoms with Gasteiger partial charge in [0, 0.05) is 18.1 Å². The van der Waals surface area contributed by atoms with Crippen molar-refractivity contribution in [2.24, 2.45) is 0 Å². The van der Waals surface area contributed by atoms with Gasteiger partial charge in [0.15, 0.2) is 0 Å². The molecule has 0 spiro atoms. The molecule has 5 heteroatoms. The van der Waals surface area contributed by atoms with E-state index in [1.807, 2.05) is 30.3 Å². The lowest BCUT2D eigenvalue weighted by Gasteiger charge is -2.09. The van der Waals surface area contributed by atoms with Gasteiger partial charge in [-0.25, -0.2) is 0 Å². The van der Waals surface area contributed by atoms with Gasteiger partial charge in [0.25, 0.3) is 0 Å². The van der Waals surface area contributed by atoms with Crippen LogP contribution in [0.25, 0.3) is 10.9 Å². The fourth-order valence-corrected chi connectivity index (χ4v) is 2.17. The topological polar surface area (TPSA) is 68.3 Å². The van der Waals surface area contributed by atoms with Crippen molar-refractivity contribution in [1.82, 2.24) is 10.3 Å². The number of nitrogens with one attached hydrogen (secondary N) is 1. The summed E-state index contributed by atoms with van der Waals surface area (Å²) in [5, 5.41) is 3.74. The van der Waals surface area contributed by atoms with E-state index in [9.17, 15) is 9.59 Å². The molecule has 0 saturated carbocycles. The average molecular weight is 300 g/mol. The molecule has 1 heterocycles. The van der Waals surface area contributed by atoms with Crippen LogP contribution in [0.3, 0.4) is 0 Å². The number of fused-ring (bicyclic) bond motifs is 1. The number of para-hydroxylation sites is 1. The smallest absolute Gasteiger partial charge is 0.307 e. The van der Waals surface area contributed by atoms with Gasteiger partial charge in [0.1, 0.15) is 0 Å². The maximum Gasteiger partial charge on any atom is 0.307 e. The first-order chi connectivity index (χ1) is 10.6. The van der Waals surface area contributed by atoms with Crippen LogP contribution in [0.1, 0.15) is 25.8 Å². The molecule has 0 aliphatic carbocycles. The van der Waals surface area contributed by atoms with Gasteiger partial charge in [0.2, 0.25) is 5.91 Å². The molecule has 5 nitrogen and oxygen atoms in total. The van der Waals surface area contributed by atoms with Crippen molar-refractivity contribution in [2.45, 2.75) is 32.8 Å². The molecule has 1 aromatic heterocycles. The largest absolute Gasteiger partial charge is 0.463 e. The molecule has 2 aromatic rings. The average Bonchev–Trinajstić information content (AvgIpc) is 2.47. The summed E-state index contributed by atoms with van der Waals surface area (Å²) < 4.78 is 5.01. The Morgan fingerprint density at radius 2 is 2.00 bits per heavy atom.